The van der Waals surface area contributed by atoms with Crippen LogP contribution in [0.3, 0.4) is 0 Å². The molecule has 170 valence electrons. The highest BCUT2D eigenvalue weighted by Crippen LogP contribution is 2.56. The normalized spacial score (nSPS) is 22.3. The van der Waals surface area contributed by atoms with E-state index in [-0.39, 0.29) is 12.3 Å². The molecule has 0 fully saturated rings. The third-order valence-electron chi connectivity index (χ3n) is 8.19. The highest BCUT2D eigenvalue weighted by molar-refractivity contribution is 6.33. The van der Waals surface area contributed by atoms with E-state index in [1.165, 1.54) is 32.7 Å². The van der Waals surface area contributed by atoms with Crippen molar-refractivity contribution in [1.82, 2.24) is 0 Å². The Balaban J connectivity index is 1.50. The van der Waals surface area contributed by atoms with Gasteiger partial charge in [0.05, 0.1) is 17.8 Å². The van der Waals surface area contributed by atoms with Crippen LogP contribution < -0.4 is 0 Å². The van der Waals surface area contributed by atoms with Crippen molar-refractivity contribution in [3.63, 3.8) is 0 Å². The van der Waals surface area contributed by atoms with E-state index in [9.17, 15) is 9.90 Å². The molecule has 0 saturated heterocycles. The molecule has 2 atom stereocenters. The summed E-state index contributed by atoms with van der Waals surface area (Å²) >= 11 is 0. The van der Waals surface area contributed by atoms with Crippen LogP contribution in [-0.4, -0.2) is 16.8 Å². The lowest BCUT2D eigenvalue weighted by atomic mass is 9.59. The molecule has 0 radical (unpaired) electrons. The highest BCUT2D eigenvalue weighted by Gasteiger charge is 2.49. The maximum atomic E-state index is 12.4. The second-order valence-electron chi connectivity index (χ2n) is 9.99. The monoisotopic (exact) mass is 455 g/mol. The molecule has 3 nitrogen and oxygen atoms in total. The lowest BCUT2D eigenvalue weighted by Gasteiger charge is -2.43. The third kappa shape index (κ3) is 2.91. The van der Waals surface area contributed by atoms with Crippen LogP contribution in [0.2, 0.25) is 0 Å². The number of para-hydroxylation sites is 1. The van der Waals surface area contributed by atoms with Crippen molar-refractivity contribution >= 4 is 44.5 Å². The van der Waals surface area contributed by atoms with Gasteiger partial charge in [-0.1, -0.05) is 85.0 Å². The number of allylic oxidation sites excluding steroid dienone is 4. The maximum absolute atomic E-state index is 12.4. The molecule has 2 aliphatic carbocycles. The van der Waals surface area contributed by atoms with Crippen LogP contribution in [0.25, 0.3) is 27.1 Å². The number of benzene rings is 4. The fourth-order valence-electron chi connectivity index (χ4n) is 6.77. The molecule has 0 saturated carbocycles. The number of rotatable bonds is 3. The summed E-state index contributed by atoms with van der Waals surface area (Å²) in [7, 11) is 0. The Morgan fingerprint density at radius 2 is 1.77 bits per heavy atom. The number of hydrogen-bond acceptors (Lipinski definition) is 2. The molecule has 7 rings (SSSR count). The summed E-state index contributed by atoms with van der Waals surface area (Å²) in [5, 5.41) is 15.2. The van der Waals surface area contributed by atoms with Gasteiger partial charge >= 0.3 is 5.97 Å². The standard InChI is InChI=1S/C32H25NO2/c34-29(35)19-32(18-6-11-26-24-10-3-4-13-28(24)33-31(26)32)27-12-5-8-21-15-16-23-22-9-2-1-7-20(22)14-17-25(23)30(21)27/h1-4,6-7,9-11,13-18,27H,5,8,12,19H2,(H,34,35). The molecule has 3 heteroatoms. The van der Waals surface area contributed by atoms with E-state index in [1.807, 2.05) is 18.2 Å². The summed E-state index contributed by atoms with van der Waals surface area (Å²) in [6, 6.07) is 25.7. The number of aliphatic imine (C=N–C) groups is 1. The average molecular weight is 456 g/mol. The van der Waals surface area contributed by atoms with Gasteiger partial charge in [0.1, 0.15) is 0 Å². The van der Waals surface area contributed by atoms with Crippen molar-refractivity contribution < 1.29 is 9.90 Å². The van der Waals surface area contributed by atoms with Gasteiger partial charge < -0.3 is 5.11 Å². The molecule has 1 N–H and O–H groups in total. The summed E-state index contributed by atoms with van der Waals surface area (Å²) in [5.74, 6) is -0.743. The lowest BCUT2D eigenvalue weighted by Crippen LogP contribution is -2.40. The van der Waals surface area contributed by atoms with Crippen LogP contribution >= 0.6 is 0 Å². The van der Waals surface area contributed by atoms with Crippen molar-refractivity contribution in [3.05, 3.63) is 108 Å². The van der Waals surface area contributed by atoms with Crippen molar-refractivity contribution in [2.75, 3.05) is 0 Å². The quantitative estimate of drug-likeness (QED) is 0.323. The number of aryl methyl sites for hydroxylation is 1. The number of carbonyl (C=O) groups is 1. The minimum Gasteiger partial charge on any atom is -0.481 e. The van der Waals surface area contributed by atoms with E-state index >= 15 is 0 Å². The Labute approximate surface area is 204 Å². The van der Waals surface area contributed by atoms with Crippen molar-refractivity contribution in [2.24, 2.45) is 10.4 Å². The van der Waals surface area contributed by atoms with Crippen LogP contribution in [0, 0.1) is 5.41 Å². The highest BCUT2D eigenvalue weighted by atomic mass is 16.4. The van der Waals surface area contributed by atoms with Crippen LogP contribution in [-0.2, 0) is 11.2 Å². The zero-order valence-electron chi connectivity index (χ0n) is 19.4. The van der Waals surface area contributed by atoms with E-state index in [4.69, 9.17) is 4.99 Å². The number of carboxylic acids is 1. The van der Waals surface area contributed by atoms with Gasteiger partial charge in [-0.05, 0) is 58.0 Å². The predicted octanol–water partition coefficient (Wildman–Crippen LogP) is 7.61. The summed E-state index contributed by atoms with van der Waals surface area (Å²) in [4.78, 5) is 17.5. The fraction of sp³-hybridized carbons (Fsp3) is 0.188. The molecule has 0 bridgehead atoms. The van der Waals surface area contributed by atoms with Gasteiger partial charge in [0.2, 0.25) is 0 Å². The number of hydrogen-bond donors (Lipinski definition) is 1. The number of nitrogens with zero attached hydrogens (tertiary/aromatic N) is 1. The predicted molar refractivity (Wildman–Crippen MR) is 142 cm³/mol. The summed E-state index contributed by atoms with van der Waals surface area (Å²) in [6.07, 6.45) is 9.34. The van der Waals surface area contributed by atoms with Crippen molar-refractivity contribution in [2.45, 2.75) is 31.6 Å². The second kappa shape index (κ2) is 7.51. The fourth-order valence-corrected chi connectivity index (χ4v) is 6.77. The molecular weight excluding hydrogens is 430 g/mol. The summed E-state index contributed by atoms with van der Waals surface area (Å²) in [6.45, 7) is 0. The minimum atomic E-state index is -0.785. The van der Waals surface area contributed by atoms with Crippen LogP contribution in [0.5, 0.6) is 0 Å². The lowest BCUT2D eigenvalue weighted by molar-refractivity contribution is -0.138. The minimum absolute atomic E-state index is 0.0295. The van der Waals surface area contributed by atoms with E-state index in [2.05, 4.69) is 72.8 Å². The van der Waals surface area contributed by atoms with Gasteiger partial charge in [-0.25, -0.2) is 0 Å². The van der Waals surface area contributed by atoms with E-state index in [0.717, 1.165) is 41.8 Å². The van der Waals surface area contributed by atoms with Crippen molar-refractivity contribution in [3.8, 4) is 0 Å². The topological polar surface area (TPSA) is 49.7 Å². The van der Waals surface area contributed by atoms with Gasteiger partial charge in [0.25, 0.3) is 0 Å². The van der Waals surface area contributed by atoms with E-state index in [1.54, 1.807) is 0 Å². The SMILES string of the molecule is O=C(O)CC1(C2CCCc3ccc4c(ccc5ccccc54)c32)C=CC=C2C1=Nc1ccccc12. The first kappa shape index (κ1) is 20.4. The summed E-state index contributed by atoms with van der Waals surface area (Å²) < 4.78 is 0. The molecule has 1 aliphatic heterocycles. The molecule has 4 aromatic rings. The number of aliphatic carboxylic acids is 1. The average Bonchev–Trinajstić information content (AvgIpc) is 3.28. The number of carboxylic acid groups (broad SMARTS) is 1. The molecule has 2 unspecified atom stereocenters. The maximum Gasteiger partial charge on any atom is 0.304 e. The van der Waals surface area contributed by atoms with Crippen LogP contribution in [0.1, 0.15) is 41.9 Å². The van der Waals surface area contributed by atoms with Crippen molar-refractivity contribution in [1.29, 1.82) is 0 Å². The Hall–Kier alpha value is -3.98. The first-order chi connectivity index (χ1) is 17.2. The Kier molecular flexibility index (Phi) is 4.38. The Bertz CT molecular complexity index is 1640. The first-order valence-corrected chi connectivity index (χ1v) is 12.4. The largest absolute Gasteiger partial charge is 0.481 e. The van der Waals surface area contributed by atoms with E-state index < -0.39 is 11.4 Å². The van der Waals surface area contributed by atoms with Gasteiger partial charge in [0, 0.05) is 22.5 Å². The second-order valence-corrected chi connectivity index (χ2v) is 9.99. The van der Waals surface area contributed by atoms with E-state index in [0.29, 0.717) is 0 Å². The zero-order valence-corrected chi connectivity index (χ0v) is 19.4. The molecule has 4 aromatic carbocycles. The van der Waals surface area contributed by atoms with Gasteiger partial charge in [-0.15, -0.1) is 0 Å². The number of fused-ring (bicyclic) bond motifs is 8. The van der Waals surface area contributed by atoms with Crippen LogP contribution in [0.15, 0.2) is 96.0 Å². The molecule has 0 amide bonds. The molecular formula is C32H25NO2. The smallest absolute Gasteiger partial charge is 0.304 e. The molecule has 0 aromatic heterocycles. The third-order valence-corrected chi connectivity index (χ3v) is 8.19. The first-order valence-electron chi connectivity index (χ1n) is 12.4. The molecule has 35 heavy (non-hydrogen) atoms. The molecule has 1 heterocycles. The van der Waals surface area contributed by atoms with Gasteiger partial charge in [-0.3, -0.25) is 9.79 Å². The van der Waals surface area contributed by atoms with Crippen LogP contribution in [0.4, 0.5) is 5.69 Å². The molecule has 0 spiro atoms. The van der Waals surface area contributed by atoms with Gasteiger partial charge in [0.15, 0.2) is 0 Å². The zero-order chi connectivity index (χ0) is 23.6. The Morgan fingerprint density at radius 3 is 2.69 bits per heavy atom. The molecule has 3 aliphatic rings. The van der Waals surface area contributed by atoms with Gasteiger partial charge in [-0.2, -0.15) is 0 Å². The Morgan fingerprint density at radius 1 is 0.943 bits per heavy atom. The summed E-state index contributed by atoms with van der Waals surface area (Å²) in [5.41, 5.74) is 5.99.